The standard InChI is InChI=1S/C37H44ClN5O3/c1-23-21-41(4)22-27(23)20-39-17-18-43-35-30(15-16-31(38)34(35)33-24(2)40-42(5)25(33)3)29(36(43)37(44)45)13-9-19-46-32-14-8-11-26-10-6-7-12-28(26)32/h6-8,10-12,14-16,23,27,39H,9,13,17-22H2,1-5H3,(H,44,45). The Hall–Kier alpha value is -3.85. The van der Waals surface area contributed by atoms with E-state index in [-0.39, 0.29) is 0 Å². The van der Waals surface area contributed by atoms with E-state index in [0.717, 1.165) is 75.1 Å². The van der Waals surface area contributed by atoms with Crippen LogP contribution in [0.5, 0.6) is 5.75 Å². The molecule has 1 aliphatic rings. The Morgan fingerprint density at radius 1 is 1.04 bits per heavy atom. The lowest BCUT2D eigenvalue weighted by molar-refractivity contribution is 0.0684. The molecular weight excluding hydrogens is 598 g/mol. The van der Waals surface area contributed by atoms with Crippen LogP contribution < -0.4 is 10.1 Å². The number of halogens is 1. The van der Waals surface area contributed by atoms with Crippen LogP contribution in [-0.4, -0.2) is 70.2 Å². The van der Waals surface area contributed by atoms with Gasteiger partial charge in [-0.05, 0) is 75.2 Å². The number of carbonyl (C=O) groups is 1. The molecule has 2 unspecified atom stereocenters. The van der Waals surface area contributed by atoms with Crippen molar-refractivity contribution in [3.05, 3.63) is 82.3 Å². The van der Waals surface area contributed by atoms with Crippen LogP contribution in [0.2, 0.25) is 5.02 Å². The van der Waals surface area contributed by atoms with Crippen molar-refractivity contribution < 1.29 is 14.6 Å². The first-order valence-electron chi connectivity index (χ1n) is 16.2. The first-order valence-corrected chi connectivity index (χ1v) is 16.6. The largest absolute Gasteiger partial charge is 0.493 e. The number of aromatic nitrogens is 3. The van der Waals surface area contributed by atoms with E-state index in [9.17, 15) is 9.90 Å². The number of likely N-dealkylation sites (tertiary alicyclic amines) is 1. The number of benzene rings is 3. The second kappa shape index (κ2) is 13.5. The van der Waals surface area contributed by atoms with Crippen LogP contribution in [0.1, 0.15) is 40.8 Å². The van der Waals surface area contributed by atoms with Gasteiger partial charge in [0.25, 0.3) is 0 Å². The maximum absolute atomic E-state index is 13.1. The average molecular weight is 642 g/mol. The van der Waals surface area contributed by atoms with Crippen molar-refractivity contribution in [1.29, 1.82) is 0 Å². The Balaban J connectivity index is 1.34. The lowest BCUT2D eigenvalue weighted by atomic mass is 9.98. The predicted octanol–water partition coefficient (Wildman–Crippen LogP) is 6.96. The van der Waals surface area contributed by atoms with Crippen molar-refractivity contribution in [2.75, 3.05) is 39.8 Å². The van der Waals surface area contributed by atoms with Gasteiger partial charge in [-0.15, -0.1) is 0 Å². The third-order valence-corrected chi connectivity index (χ3v) is 10.0. The minimum Gasteiger partial charge on any atom is -0.493 e. The number of aromatic carboxylic acids is 1. The van der Waals surface area contributed by atoms with Gasteiger partial charge in [0.1, 0.15) is 11.4 Å². The van der Waals surface area contributed by atoms with Crippen molar-refractivity contribution in [2.45, 2.75) is 40.2 Å². The van der Waals surface area contributed by atoms with E-state index >= 15 is 0 Å². The van der Waals surface area contributed by atoms with Crippen molar-refractivity contribution in [3.8, 4) is 16.9 Å². The molecule has 0 spiro atoms. The van der Waals surface area contributed by atoms with Crippen LogP contribution in [0, 0.1) is 25.7 Å². The number of ether oxygens (including phenoxy) is 1. The summed E-state index contributed by atoms with van der Waals surface area (Å²) in [4.78, 5) is 15.5. The van der Waals surface area contributed by atoms with Crippen LogP contribution >= 0.6 is 11.6 Å². The zero-order valence-electron chi connectivity index (χ0n) is 27.4. The summed E-state index contributed by atoms with van der Waals surface area (Å²) in [6, 6.07) is 18.1. The predicted molar refractivity (Wildman–Crippen MR) is 186 cm³/mol. The molecule has 8 nitrogen and oxygen atoms in total. The molecule has 2 atom stereocenters. The number of nitrogens with zero attached hydrogens (tertiary/aromatic N) is 4. The number of hydrogen-bond donors (Lipinski definition) is 2. The van der Waals surface area contributed by atoms with Gasteiger partial charge in [0.15, 0.2) is 0 Å². The monoisotopic (exact) mass is 641 g/mol. The van der Waals surface area contributed by atoms with Crippen LogP contribution in [0.25, 0.3) is 32.8 Å². The van der Waals surface area contributed by atoms with Gasteiger partial charge >= 0.3 is 5.97 Å². The molecule has 46 heavy (non-hydrogen) atoms. The molecule has 3 heterocycles. The fourth-order valence-corrected chi connectivity index (χ4v) is 7.63. The molecule has 2 aromatic heterocycles. The van der Waals surface area contributed by atoms with E-state index in [1.165, 1.54) is 0 Å². The van der Waals surface area contributed by atoms with E-state index in [0.29, 0.717) is 55.1 Å². The van der Waals surface area contributed by atoms with Crippen LogP contribution in [0.3, 0.4) is 0 Å². The number of nitrogens with one attached hydrogen (secondary N) is 1. The molecule has 6 rings (SSSR count). The maximum Gasteiger partial charge on any atom is 0.352 e. The number of carboxylic acids is 1. The Bertz CT molecular complexity index is 1890. The Labute approximate surface area is 275 Å². The van der Waals surface area contributed by atoms with Gasteiger partial charge in [-0.1, -0.05) is 61.0 Å². The number of carboxylic acid groups (broad SMARTS) is 1. The van der Waals surface area contributed by atoms with Gasteiger partial charge in [0.2, 0.25) is 0 Å². The highest BCUT2D eigenvalue weighted by molar-refractivity contribution is 6.35. The van der Waals surface area contributed by atoms with Crippen LogP contribution in [-0.2, 0) is 20.0 Å². The molecule has 1 aliphatic heterocycles. The first kappa shape index (κ1) is 32.1. The molecule has 0 radical (unpaired) electrons. The quantitative estimate of drug-likeness (QED) is 0.143. The topological polar surface area (TPSA) is 84.5 Å². The molecule has 5 aromatic rings. The SMILES string of the molecule is Cc1nn(C)c(C)c1-c1c(Cl)ccc2c(CCCOc3cccc4ccccc34)c(C(=O)O)n(CCNCC3CN(C)CC3C)c12. The summed E-state index contributed by atoms with van der Waals surface area (Å²) in [5.41, 5.74) is 5.63. The summed E-state index contributed by atoms with van der Waals surface area (Å²) < 4.78 is 10.1. The van der Waals surface area contributed by atoms with Crippen LogP contribution in [0.4, 0.5) is 0 Å². The highest BCUT2D eigenvalue weighted by Gasteiger charge is 2.29. The number of rotatable bonds is 12. The van der Waals surface area contributed by atoms with Gasteiger partial charge in [-0.25, -0.2) is 4.79 Å². The molecule has 3 aromatic carbocycles. The van der Waals surface area contributed by atoms with E-state index in [2.05, 4.69) is 47.5 Å². The zero-order valence-corrected chi connectivity index (χ0v) is 28.2. The van der Waals surface area contributed by atoms with Gasteiger partial charge < -0.3 is 24.6 Å². The van der Waals surface area contributed by atoms with Crippen molar-refractivity contribution >= 4 is 39.2 Å². The molecule has 0 saturated carbocycles. The van der Waals surface area contributed by atoms with E-state index < -0.39 is 5.97 Å². The normalized spacial score (nSPS) is 17.0. The van der Waals surface area contributed by atoms with E-state index in [1.54, 1.807) is 0 Å². The second-order valence-corrected chi connectivity index (χ2v) is 13.3. The maximum atomic E-state index is 13.1. The number of fused-ring (bicyclic) bond motifs is 2. The zero-order chi connectivity index (χ0) is 32.5. The minimum absolute atomic E-state index is 0.318. The summed E-state index contributed by atoms with van der Waals surface area (Å²) >= 11 is 6.99. The smallest absolute Gasteiger partial charge is 0.352 e. The third-order valence-electron chi connectivity index (χ3n) is 9.69. The number of hydrogen-bond acceptors (Lipinski definition) is 5. The molecule has 9 heteroatoms. The first-order chi connectivity index (χ1) is 22.2. The van der Waals surface area contributed by atoms with Gasteiger partial charge in [0.05, 0.1) is 22.8 Å². The summed E-state index contributed by atoms with van der Waals surface area (Å²) in [7, 11) is 4.10. The van der Waals surface area contributed by atoms with Crippen LogP contribution in [0.15, 0.2) is 54.6 Å². The fourth-order valence-electron chi connectivity index (χ4n) is 7.38. The number of aryl methyl sites for hydroxylation is 3. The second-order valence-electron chi connectivity index (χ2n) is 12.9. The highest BCUT2D eigenvalue weighted by atomic mass is 35.5. The Morgan fingerprint density at radius 3 is 2.54 bits per heavy atom. The third kappa shape index (κ3) is 6.14. The van der Waals surface area contributed by atoms with Gasteiger partial charge in [0, 0.05) is 60.8 Å². The van der Waals surface area contributed by atoms with E-state index in [1.807, 2.05) is 66.5 Å². The summed E-state index contributed by atoms with van der Waals surface area (Å²) in [6.07, 6.45) is 1.22. The average Bonchev–Trinajstić information content (AvgIpc) is 3.61. The lowest BCUT2D eigenvalue weighted by Gasteiger charge is -2.17. The summed E-state index contributed by atoms with van der Waals surface area (Å²) in [5, 5.41) is 22.7. The molecule has 0 aliphatic carbocycles. The molecule has 1 saturated heterocycles. The molecular formula is C37H44ClN5O3. The van der Waals surface area contributed by atoms with E-state index in [4.69, 9.17) is 16.3 Å². The summed E-state index contributed by atoms with van der Waals surface area (Å²) in [6.45, 7) is 11.0. The fraction of sp³-hybridized carbons (Fsp3) is 0.405. The Morgan fingerprint density at radius 2 is 1.83 bits per heavy atom. The van der Waals surface area contributed by atoms with Crippen molar-refractivity contribution in [1.82, 2.24) is 24.6 Å². The van der Waals surface area contributed by atoms with Gasteiger partial charge in [-0.2, -0.15) is 5.10 Å². The molecule has 0 amide bonds. The summed E-state index contributed by atoms with van der Waals surface area (Å²) in [5.74, 6) is 1.11. The van der Waals surface area contributed by atoms with Crippen molar-refractivity contribution in [3.63, 3.8) is 0 Å². The minimum atomic E-state index is -0.936. The highest BCUT2D eigenvalue weighted by Crippen LogP contribution is 2.42. The molecule has 0 bridgehead atoms. The molecule has 1 fully saturated rings. The van der Waals surface area contributed by atoms with Crippen molar-refractivity contribution in [2.24, 2.45) is 18.9 Å². The molecule has 2 N–H and O–H groups in total. The van der Waals surface area contributed by atoms with Gasteiger partial charge in [-0.3, -0.25) is 4.68 Å². The Kier molecular flexibility index (Phi) is 9.41. The lowest BCUT2D eigenvalue weighted by Crippen LogP contribution is -2.30. The molecule has 242 valence electrons.